The van der Waals surface area contributed by atoms with E-state index in [1.54, 1.807) is 12.1 Å². The zero-order chi connectivity index (χ0) is 17.2. The number of piperidine rings is 1. The Bertz CT molecular complexity index is 559. The van der Waals surface area contributed by atoms with Crippen LogP contribution in [-0.4, -0.2) is 29.9 Å². The average molecular weight is 340 g/mol. The average Bonchev–Trinajstić information content (AvgIpc) is 2.47. The number of nitrogens with zero attached hydrogens (tertiary/aromatic N) is 1. The number of amides is 1. The number of halogens is 3. The topological polar surface area (TPSA) is 32.3 Å². The normalized spacial score (nSPS) is 20.6. The fourth-order valence-corrected chi connectivity index (χ4v) is 3.28. The van der Waals surface area contributed by atoms with E-state index in [0.717, 1.165) is 62.9 Å². The van der Waals surface area contributed by atoms with E-state index in [-0.39, 0.29) is 17.9 Å². The molecule has 132 valence electrons. The van der Waals surface area contributed by atoms with Crippen molar-refractivity contribution < 1.29 is 18.0 Å². The lowest BCUT2D eigenvalue weighted by Gasteiger charge is -2.34. The highest BCUT2D eigenvalue weighted by atomic mass is 19.4. The fraction of sp³-hybridized carbons (Fsp3) is 0.611. The van der Waals surface area contributed by atoms with Crippen molar-refractivity contribution in [2.45, 2.75) is 50.9 Å². The summed E-state index contributed by atoms with van der Waals surface area (Å²) >= 11 is 0. The van der Waals surface area contributed by atoms with Gasteiger partial charge in [-0.25, -0.2) is 0 Å². The van der Waals surface area contributed by atoms with Crippen molar-refractivity contribution in [1.29, 1.82) is 0 Å². The van der Waals surface area contributed by atoms with Crippen molar-refractivity contribution in [3.05, 3.63) is 35.4 Å². The predicted octanol–water partition coefficient (Wildman–Crippen LogP) is 3.59. The number of likely N-dealkylation sites (tertiary alicyclic amines) is 1. The van der Waals surface area contributed by atoms with Crippen LogP contribution >= 0.6 is 0 Å². The number of benzene rings is 1. The Kier molecular flexibility index (Phi) is 5.13. The number of carbonyl (C=O) groups is 1. The summed E-state index contributed by atoms with van der Waals surface area (Å²) in [5.41, 5.74) is 0.281. The molecule has 0 radical (unpaired) electrons. The zero-order valence-corrected chi connectivity index (χ0v) is 13.6. The standard InChI is InChI=1S/C18H23F3N2O/c19-18(20,21)15-6-4-13(5-7-15)12-23-10-8-16(9-11-23)22-17(24)14-2-1-3-14/h4-7,14,16H,1-3,8-12H2,(H,22,24). The molecular weight excluding hydrogens is 317 g/mol. The number of hydrogen-bond donors (Lipinski definition) is 1. The quantitative estimate of drug-likeness (QED) is 0.908. The Morgan fingerprint density at radius 1 is 1.08 bits per heavy atom. The van der Waals surface area contributed by atoms with Crippen LogP contribution in [0.2, 0.25) is 0 Å². The van der Waals surface area contributed by atoms with Gasteiger partial charge in [0.2, 0.25) is 5.91 Å². The largest absolute Gasteiger partial charge is 0.416 e. The molecule has 3 nitrogen and oxygen atoms in total. The smallest absolute Gasteiger partial charge is 0.353 e. The summed E-state index contributed by atoms with van der Waals surface area (Å²) in [7, 11) is 0. The SMILES string of the molecule is O=C(NC1CCN(Cc2ccc(C(F)(F)F)cc2)CC1)C1CCC1. The summed E-state index contributed by atoms with van der Waals surface area (Å²) in [6.07, 6.45) is 0.703. The van der Waals surface area contributed by atoms with E-state index in [0.29, 0.717) is 6.54 Å². The summed E-state index contributed by atoms with van der Waals surface area (Å²) in [5.74, 6) is 0.414. The molecule has 1 aliphatic heterocycles. The number of carbonyl (C=O) groups excluding carboxylic acids is 1. The van der Waals surface area contributed by atoms with Gasteiger partial charge in [-0.2, -0.15) is 13.2 Å². The van der Waals surface area contributed by atoms with Crippen LogP contribution in [0.4, 0.5) is 13.2 Å². The lowest BCUT2D eigenvalue weighted by molar-refractivity contribution is -0.137. The van der Waals surface area contributed by atoms with Gasteiger partial charge in [0, 0.05) is 31.6 Å². The maximum absolute atomic E-state index is 12.6. The van der Waals surface area contributed by atoms with Gasteiger partial charge < -0.3 is 5.32 Å². The van der Waals surface area contributed by atoms with Crippen molar-refractivity contribution >= 4 is 5.91 Å². The van der Waals surface area contributed by atoms with Gasteiger partial charge in [-0.15, -0.1) is 0 Å². The molecule has 3 rings (SSSR count). The third kappa shape index (κ3) is 4.29. The van der Waals surface area contributed by atoms with Crippen LogP contribution in [0.1, 0.15) is 43.2 Å². The van der Waals surface area contributed by atoms with Crippen LogP contribution in [0.25, 0.3) is 0 Å². The molecule has 1 aromatic carbocycles. The van der Waals surface area contributed by atoms with E-state index in [1.807, 2.05) is 0 Å². The van der Waals surface area contributed by atoms with E-state index in [4.69, 9.17) is 0 Å². The van der Waals surface area contributed by atoms with E-state index in [9.17, 15) is 18.0 Å². The number of alkyl halides is 3. The molecule has 1 saturated carbocycles. The Balaban J connectivity index is 1.44. The number of nitrogens with one attached hydrogen (secondary N) is 1. The van der Waals surface area contributed by atoms with Gasteiger partial charge in [0.15, 0.2) is 0 Å². The molecule has 1 N–H and O–H groups in total. The Morgan fingerprint density at radius 3 is 2.21 bits per heavy atom. The molecule has 1 heterocycles. The molecule has 1 aromatic rings. The van der Waals surface area contributed by atoms with E-state index < -0.39 is 11.7 Å². The van der Waals surface area contributed by atoms with Crippen molar-refractivity contribution in [2.24, 2.45) is 5.92 Å². The molecule has 2 aliphatic rings. The summed E-state index contributed by atoms with van der Waals surface area (Å²) in [4.78, 5) is 14.2. The van der Waals surface area contributed by atoms with Gasteiger partial charge in [0.05, 0.1) is 5.56 Å². The van der Waals surface area contributed by atoms with E-state index >= 15 is 0 Å². The van der Waals surface area contributed by atoms with E-state index in [2.05, 4.69) is 10.2 Å². The Hall–Kier alpha value is -1.56. The lowest BCUT2D eigenvalue weighted by Crippen LogP contribution is -2.47. The second-order valence-corrected chi connectivity index (χ2v) is 6.88. The third-order valence-electron chi connectivity index (χ3n) is 5.10. The molecule has 0 atom stereocenters. The van der Waals surface area contributed by atoms with E-state index in [1.165, 1.54) is 0 Å². The lowest BCUT2D eigenvalue weighted by atomic mass is 9.84. The van der Waals surface area contributed by atoms with Crippen LogP contribution in [-0.2, 0) is 17.5 Å². The van der Waals surface area contributed by atoms with Crippen molar-refractivity contribution in [2.75, 3.05) is 13.1 Å². The first-order valence-electron chi connectivity index (χ1n) is 8.61. The molecular formula is C18H23F3N2O. The molecule has 0 aromatic heterocycles. The van der Waals surface area contributed by atoms with Crippen molar-refractivity contribution in [3.63, 3.8) is 0 Å². The monoisotopic (exact) mass is 340 g/mol. The zero-order valence-electron chi connectivity index (χ0n) is 13.6. The molecule has 0 unspecified atom stereocenters. The second-order valence-electron chi connectivity index (χ2n) is 6.88. The summed E-state index contributed by atoms with van der Waals surface area (Å²) in [6.45, 7) is 2.37. The van der Waals surface area contributed by atoms with Crippen LogP contribution in [0.3, 0.4) is 0 Å². The second kappa shape index (κ2) is 7.13. The molecule has 1 amide bonds. The molecule has 2 fully saturated rings. The maximum Gasteiger partial charge on any atom is 0.416 e. The third-order valence-corrected chi connectivity index (χ3v) is 5.10. The Labute approximate surface area is 140 Å². The minimum absolute atomic E-state index is 0.197. The minimum atomic E-state index is -4.28. The van der Waals surface area contributed by atoms with Gasteiger partial charge >= 0.3 is 6.18 Å². The summed E-state index contributed by atoms with van der Waals surface area (Å²) in [6, 6.07) is 5.62. The molecule has 6 heteroatoms. The summed E-state index contributed by atoms with van der Waals surface area (Å²) in [5, 5.41) is 3.14. The highest BCUT2D eigenvalue weighted by Crippen LogP contribution is 2.29. The van der Waals surface area contributed by atoms with Crippen molar-refractivity contribution in [3.8, 4) is 0 Å². The predicted molar refractivity (Wildman–Crippen MR) is 85.2 cm³/mol. The number of rotatable bonds is 4. The van der Waals surface area contributed by atoms with Crippen LogP contribution in [0.5, 0.6) is 0 Å². The highest BCUT2D eigenvalue weighted by molar-refractivity contribution is 5.79. The van der Waals surface area contributed by atoms with Gasteiger partial charge in [-0.3, -0.25) is 9.69 Å². The summed E-state index contributed by atoms with van der Waals surface area (Å²) < 4.78 is 37.7. The molecule has 24 heavy (non-hydrogen) atoms. The highest BCUT2D eigenvalue weighted by Gasteiger charge is 2.30. The minimum Gasteiger partial charge on any atom is -0.353 e. The first-order valence-corrected chi connectivity index (χ1v) is 8.61. The van der Waals surface area contributed by atoms with Gasteiger partial charge in [-0.1, -0.05) is 18.6 Å². The first-order chi connectivity index (χ1) is 11.4. The van der Waals surface area contributed by atoms with Gasteiger partial charge in [0.1, 0.15) is 0 Å². The van der Waals surface area contributed by atoms with Crippen LogP contribution in [0, 0.1) is 5.92 Å². The Morgan fingerprint density at radius 2 is 1.71 bits per heavy atom. The van der Waals surface area contributed by atoms with Gasteiger partial charge in [0.25, 0.3) is 0 Å². The number of hydrogen-bond acceptors (Lipinski definition) is 2. The van der Waals surface area contributed by atoms with Gasteiger partial charge in [-0.05, 0) is 43.4 Å². The molecule has 0 bridgehead atoms. The van der Waals surface area contributed by atoms with Crippen molar-refractivity contribution in [1.82, 2.24) is 10.2 Å². The van der Waals surface area contributed by atoms with Crippen LogP contribution in [0.15, 0.2) is 24.3 Å². The fourth-order valence-electron chi connectivity index (χ4n) is 3.28. The maximum atomic E-state index is 12.6. The molecule has 1 saturated heterocycles. The molecule has 1 aliphatic carbocycles. The van der Waals surface area contributed by atoms with Crippen LogP contribution < -0.4 is 5.32 Å². The first kappa shape index (κ1) is 17.3. The molecule has 0 spiro atoms.